The molecular weight excluding hydrogens is 314 g/mol. The molecule has 0 saturated heterocycles. The maximum absolute atomic E-state index is 12.0. The predicted octanol–water partition coefficient (Wildman–Crippen LogP) is 1.20. The van der Waals surface area contributed by atoms with Crippen molar-refractivity contribution in [3.05, 3.63) is 12.1 Å². The van der Waals surface area contributed by atoms with Gasteiger partial charge in [-0.2, -0.15) is 0 Å². The number of hydrogen-bond donors (Lipinski definition) is 1. The molecule has 0 fully saturated rings. The first-order chi connectivity index (χ1) is 11.0. The van der Waals surface area contributed by atoms with Gasteiger partial charge in [0.1, 0.15) is 21.7 Å². The molecule has 1 heterocycles. The van der Waals surface area contributed by atoms with Crippen LogP contribution < -0.4 is 19.3 Å². The average Bonchev–Trinajstić information content (AvgIpc) is 2.94. The van der Waals surface area contributed by atoms with Crippen LogP contribution in [-0.2, 0) is 4.79 Å². The van der Waals surface area contributed by atoms with Crippen LogP contribution >= 0.6 is 11.3 Å². The van der Waals surface area contributed by atoms with Crippen LogP contribution in [0.1, 0.15) is 13.3 Å². The van der Waals surface area contributed by atoms with E-state index in [1.807, 2.05) is 12.1 Å². The fourth-order valence-electron chi connectivity index (χ4n) is 2.37. The zero-order chi connectivity index (χ0) is 17.0. The zero-order valence-corrected chi connectivity index (χ0v) is 15.1. The molecule has 1 aromatic carbocycles. The smallest absolute Gasteiger partial charge is 0.225 e. The van der Waals surface area contributed by atoms with E-state index in [0.717, 1.165) is 28.9 Å². The number of anilines is 1. The highest BCUT2D eigenvalue weighted by molar-refractivity contribution is 7.22. The molecule has 1 aromatic heterocycles. The Morgan fingerprint density at radius 3 is 2.48 bits per heavy atom. The van der Waals surface area contributed by atoms with Crippen molar-refractivity contribution in [1.29, 1.82) is 0 Å². The molecular formula is C16H24N3O3S+. The van der Waals surface area contributed by atoms with Gasteiger partial charge in [0.25, 0.3) is 0 Å². The number of rotatable bonds is 7. The van der Waals surface area contributed by atoms with Gasteiger partial charge in [-0.15, -0.1) is 0 Å². The number of quaternary nitrogens is 1. The third-order valence-electron chi connectivity index (χ3n) is 3.57. The summed E-state index contributed by atoms with van der Waals surface area (Å²) >= 11 is 1.46. The van der Waals surface area contributed by atoms with Crippen LogP contribution in [0.2, 0.25) is 0 Å². The number of nitrogens with one attached hydrogen (secondary N) is 1. The van der Waals surface area contributed by atoms with Crippen molar-refractivity contribution in [2.75, 3.05) is 46.3 Å². The Morgan fingerprint density at radius 1 is 1.26 bits per heavy atom. The van der Waals surface area contributed by atoms with Crippen LogP contribution in [0.5, 0.6) is 11.5 Å². The largest absolute Gasteiger partial charge is 0.495 e. The standard InChI is InChI=1S/C16H23N3O3S/c1-11(20)19(10-6-9-18(2)3)16-17-14-12(21-4)7-8-13(22-5)15(14)23-16/h7-8H,6,9-10H2,1-5H3/p+1. The summed E-state index contributed by atoms with van der Waals surface area (Å²) in [5.41, 5.74) is 0.733. The van der Waals surface area contributed by atoms with Crippen LogP contribution in [0.3, 0.4) is 0 Å². The van der Waals surface area contributed by atoms with Crippen LogP contribution in [0.25, 0.3) is 10.2 Å². The van der Waals surface area contributed by atoms with Gasteiger partial charge in [0.2, 0.25) is 5.91 Å². The third kappa shape index (κ3) is 3.92. The van der Waals surface area contributed by atoms with Crippen LogP contribution in [-0.4, -0.2) is 52.3 Å². The summed E-state index contributed by atoms with van der Waals surface area (Å²) in [6.07, 6.45) is 0.923. The molecule has 0 spiro atoms. The molecule has 7 heteroatoms. The number of thiazole rings is 1. The first-order valence-electron chi connectivity index (χ1n) is 7.56. The molecule has 1 amide bonds. The second-order valence-electron chi connectivity index (χ2n) is 5.63. The Labute approximate surface area is 140 Å². The molecule has 0 aliphatic rings. The van der Waals surface area contributed by atoms with E-state index in [2.05, 4.69) is 19.1 Å². The maximum atomic E-state index is 12.0. The number of fused-ring (bicyclic) bond motifs is 1. The Bertz CT molecular complexity index is 644. The molecule has 23 heavy (non-hydrogen) atoms. The van der Waals surface area contributed by atoms with Gasteiger partial charge in [-0.1, -0.05) is 11.3 Å². The first-order valence-corrected chi connectivity index (χ1v) is 8.38. The number of amides is 1. The van der Waals surface area contributed by atoms with E-state index < -0.39 is 0 Å². The molecule has 2 aromatic rings. The van der Waals surface area contributed by atoms with Gasteiger partial charge in [0, 0.05) is 19.9 Å². The van der Waals surface area contributed by atoms with Crippen molar-refractivity contribution in [2.45, 2.75) is 13.3 Å². The van der Waals surface area contributed by atoms with Crippen molar-refractivity contribution < 1.29 is 19.2 Å². The molecule has 0 unspecified atom stereocenters. The SMILES string of the molecule is COc1ccc(OC)c2sc(N(CCC[NH+](C)C)C(C)=O)nc12. The monoisotopic (exact) mass is 338 g/mol. The fourth-order valence-corrected chi connectivity index (χ4v) is 3.51. The highest BCUT2D eigenvalue weighted by Crippen LogP contribution is 2.40. The summed E-state index contributed by atoms with van der Waals surface area (Å²) in [6, 6.07) is 3.69. The van der Waals surface area contributed by atoms with Crippen LogP contribution in [0, 0.1) is 0 Å². The number of carbonyl (C=O) groups excluding carboxylic acids is 1. The van der Waals surface area contributed by atoms with Crippen molar-refractivity contribution in [3.63, 3.8) is 0 Å². The fraction of sp³-hybridized carbons (Fsp3) is 0.500. The number of ether oxygens (including phenoxy) is 2. The van der Waals surface area contributed by atoms with E-state index in [-0.39, 0.29) is 5.91 Å². The lowest BCUT2D eigenvalue weighted by atomic mass is 10.3. The number of hydrogen-bond acceptors (Lipinski definition) is 5. The number of carbonyl (C=O) groups is 1. The molecule has 0 radical (unpaired) electrons. The summed E-state index contributed by atoms with van der Waals surface area (Å²) in [5.74, 6) is 1.42. The molecule has 0 saturated carbocycles. The second kappa shape index (κ2) is 7.61. The molecule has 6 nitrogen and oxygen atoms in total. The molecule has 0 bridgehead atoms. The van der Waals surface area contributed by atoms with Gasteiger partial charge in [0.15, 0.2) is 5.13 Å². The quantitative estimate of drug-likeness (QED) is 0.824. The highest BCUT2D eigenvalue weighted by Gasteiger charge is 2.20. The predicted molar refractivity (Wildman–Crippen MR) is 93.0 cm³/mol. The maximum Gasteiger partial charge on any atom is 0.225 e. The van der Waals surface area contributed by atoms with Crippen LogP contribution in [0.15, 0.2) is 12.1 Å². The molecule has 0 aliphatic carbocycles. The lowest BCUT2D eigenvalue weighted by Gasteiger charge is -2.18. The van der Waals surface area contributed by atoms with E-state index >= 15 is 0 Å². The van der Waals surface area contributed by atoms with Crippen LogP contribution in [0.4, 0.5) is 5.13 Å². The molecule has 1 N–H and O–H groups in total. The molecule has 0 aliphatic heterocycles. The minimum absolute atomic E-state index is 0.00394. The van der Waals surface area contributed by atoms with Gasteiger partial charge in [0.05, 0.1) is 34.9 Å². The van der Waals surface area contributed by atoms with E-state index in [9.17, 15) is 4.79 Å². The first kappa shape index (κ1) is 17.5. The minimum Gasteiger partial charge on any atom is -0.495 e. The minimum atomic E-state index is -0.00394. The lowest BCUT2D eigenvalue weighted by Crippen LogP contribution is -3.05. The molecule has 0 atom stereocenters. The van der Waals surface area contributed by atoms with Gasteiger partial charge < -0.3 is 14.4 Å². The van der Waals surface area contributed by atoms with Crippen molar-refractivity contribution in [1.82, 2.24) is 4.98 Å². The van der Waals surface area contributed by atoms with E-state index in [4.69, 9.17) is 9.47 Å². The van der Waals surface area contributed by atoms with Gasteiger partial charge in [-0.05, 0) is 12.1 Å². The van der Waals surface area contributed by atoms with Crippen molar-refractivity contribution in [2.24, 2.45) is 0 Å². The highest BCUT2D eigenvalue weighted by atomic mass is 32.1. The number of nitrogens with zero attached hydrogens (tertiary/aromatic N) is 2. The summed E-state index contributed by atoms with van der Waals surface area (Å²) in [4.78, 5) is 19.7. The summed E-state index contributed by atoms with van der Waals surface area (Å²) in [5, 5.41) is 0.684. The number of methoxy groups -OCH3 is 2. The lowest BCUT2D eigenvalue weighted by molar-refractivity contribution is -0.858. The van der Waals surface area contributed by atoms with Crippen molar-refractivity contribution >= 4 is 32.6 Å². The van der Waals surface area contributed by atoms with E-state index in [1.165, 1.54) is 16.2 Å². The second-order valence-corrected chi connectivity index (χ2v) is 6.60. The Balaban J connectivity index is 2.37. The van der Waals surface area contributed by atoms with Gasteiger partial charge in [-0.3, -0.25) is 9.69 Å². The topological polar surface area (TPSA) is 56.1 Å². The number of benzene rings is 1. The average molecular weight is 338 g/mol. The molecule has 126 valence electrons. The summed E-state index contributed by atoms with van der Waals surface area (Å²) in [7, 11) is 7.45. The Morgan fingerprint density at radius 2 is 1.91 bits per heavy atom. The van der Waals surface area contributed by atoms with Crippen molar-refractivity contribution in [3.8, 4) is 11.5 Å². The van der Waals surface area contributed by atoms with Gasteiger partial charge >= 0.3 is 0 Å². The molecule has 2 rings (SSSR count). The normalized spacial score (nSPS) is 11.0. The van der Waals surface area contributed by atoms with Gasteiger partial charge in [-0.25, -0.2) is 4.98 Å². The number of aromatic nitrogens is 1. The Kier molecular flexibility index (Phi) is 5.79. The summed E-state index contributed by atoms with van der Waals surface area (Å²) in [6.45, 7) is 3.23. The third-order valence-corrected chi connectivity index (χ3v) is 4.66. The zero-order valence-electron chi connectivity index (χ0n) is 14.3. The Hall–Kier alpha value is -1.86. The van der Waals surface area contributed by atoms with E-state index in [1.54, 1.807) is 26.0 Å². The summed E-state index contributed by atoms with van der Waals surface area (Å²) < 4.78 is 11.7. The van der Waals surface area contributed by atoms with E-state index in [0.29, 0.717) is 17.4 Å².